The zero-order chi connectivity index (χ0) is 13.1. The van der Waals surface area contributed by atoms with Crippen molar-refractivity contribution in [3.05, 3.63) is 35.4 Å². The Morgan fingerprint density at radius 3 is 2.22 bits per heavy atom. The molecule has 0 bridgehead atoms. The van der Waals surface area contributed by atoms with Gasteiger partial charge in [-0.15, -0.1) is 0 Å². The van der Waals surface area contributed by atoms with E-state index in [0.29, 0.717) is 5.92 Å². The lowest BCUT2D eigenvalue weighted by atomic mass is 9.77. The molecule has 18 heavy (non-hydrogen) atoms. The maximum atomic E-state index is 13.8. The summed E-state index contributed by atoms with van der Waals surface area (Å²) in [6, 6.07) is 3.52. The third-order valence-corrected chi connectivity index (χ3v) is 4.02. The van der Waals surface area contributed by atoms with Crippen molar-refractivity contribution in [2.45, 2.75) is 38.6 Å². The second kappa shape index (κ2) is 5.76. The quantitative estimate of drug-likeness (QED) is 0.641. The molecule has 2 rings (SSSR count). The van der Waals surface area contributed by atoms with Crippen molar-refractivity contribution in [3.8, 4) is 0 Å². The molecule has 4 heteroatoms. The lowest BCUT2D eigenvalue weighted by molar-refractivity contribution is 0.226. The molecule has 1 aromatic rings. The van der Waals surface area contributed by atoms with Crippen LogP contribution in [-0.2, 0) is 0 Å². The Hall–Kier alpha value is -1.00. The Labute approximate surface area is 107 Å². The number of nitrogens with two attached hydrogens (primary N) is 1. The van der Waals surface area contributed by atoms with E-state index in [4.69, 9.17) is 5.84 Å². The van der Waals surface area contributed by atoms with Crippen LogP contribution in [0.5, 0.6) is 0 Å². The van der Waals surface area contributed by atoms with Crippen LogP contribution in [-0.4, -0.2) is 0 Å². The molecular formula is C14H20F2N2. The van der Waals surface area contributed by atoms with Gasteiger partial charge in [-0.3, -0.25) is 11.3 Å². The molecule has 3 N–H and O–H groups in total. The van der Waals surface area contributed by atoms with Crippen molar-refractivity contribution < 1.29 is 8.78 Å². The van der Waals surface area contributed by atoms with Crippen LogP contribution in [0.3, 0.4) is 0 Å². The minimum Gasteiger partial charge on any atom is -0.271 e. The standard InChI is InChI=1S/C14H20F2N2/c1-9-5-7-10(8-6-9)14(18-17)13-11(15)3-2-4-12(13)16/h2-4,9-10,14,18H,5-8,17H2,1H3. The summed E-state index contributed by atoms with van der Waals surface area (Å²) in [6.45, 7) is 2.21. The van der Waals surface area contributed by atoms with E-state index in [-0.39, 0.29) is 11.5 Å². The van der Waals surface area contributed by atoms with Gasteiger partial charge in [-0.1, -0.05) is 25.8 Å². The highest BCUT2D eigenvalue weighted by atomic mass is 19.1. The van der Waals surface area contributed by atoms with Gasteiger partial charge in [0.2, 0.25) is 0 Å². The lowest BCUT2D eigenvalue weighted by Crippen LogP contribution is -2.36. The molecule has 1 unspecified atom stereocenters. The molecule has 0 amide bonds. The molecule has 0 heterocycles. The molecule has 0 radical (unpaired) electrons. The van der Waals surface area contributed by atoms with Gasteiger partial charge >= 0.3 is 0 Å². The first-order valence-electron chi connectivity index (χ1n) is 6.53. The fourth-order valence-electron chi connectivity index (χ4n) is 2.88. The number of benzene rings is 1. The van der Waals surface area contributed by atoms with Gasteiger partial charge in [0, 0.05) is 5.56 Å². The van der Waals surface area contributed by atoms with E-state index in [1.165, 1.54) is 18.2 Å². The van der Waals surface area contributed by atoms with Gasteiger partial charge in [0.1, 0.15) is 11.6 Å². The number of rotatable bonds is 3. The Morgan fingerprint density at radius 2 is 1.72 bits per heavy atom. The van der Waals surface area contributed by atoms with Gasteiger partial charge in [-0.25, -0.2) is 8.78 Å². The fourth-order valence-corrected chi connectivity index (χ4v) is 2.88. The normalized spacial score (nSPS) is 26.0. The zero-order valence-electron chi connectivity index (χ0n) is 10.6. The Kier molecular flexibility index (Phi) is 4.30. The second-order valence-electron chi connectivity index (χ2n) is 5.30. The molecule has 2 nitrogen and oxygen atoms in total. The minimum absolute atomic E-state index is 0.0829. The molecule has 1 aliphatic rings. The first-order valence-corrected chi connectivity index (χ1v) is 6.53. The third kappa shape index (κ3) is 2.70. The van der Waals surface area contributed by atoms with E-state index in [2.05, 4.69) is 12.3 Å². The molecule has 0 spiro atoms. The fraction of sp³-hybridized carbons (Fsp3) is 0.571. The van der Waals surface area contributed by atoms with Crippen LogP contribution in [0.15, 0.2) is 18.2 Å². The summed E-state index contributed by atoms with van der Waals surface area (Å²) >= 11 is 0. The Balaban J connectivity index is 2.23. The van der Waals surface area contributed by atoms with Crippen molar-refractivity contribution in [1.82, 2.24) is 5.43 Å². The van der Waals surface area contributed by atoms with Crippen LogP contribution in [0.1, 0.15) is 44.2 Å². The van der Waals surface area contributed by atoms with Crippen LogP contribution >= 0.6 is 0 Å². The molecule has 1 aromatic carbocycles. The van der Waals surface area contributed by atoms with E-state index >= 15 is 0 Å². The first kappa shape index (κ1) is 13.4. The summed E-state index contributed by atoms with van der Waals surface area (Å²) < 4.78 is 27.6. The number of hydrazine groups is 1. The van der Waals surface area contributed by atoms with E-state index in [0.717, 1.165) is 25.7 Å². The van der Waals surface area contributed by atoms with E-state index in [9.17, 15) is 8.78 Å². The van der Waals surface area contributed by atoms with Gasteiger partial charge in [-0.05, 0) is 36.8 Å². The van der Waals surface area contributed by atoms with Crippen molar-refractivity contribution >= 4 is 0 Å². The first-order chi connectivity index (χ1) is 8.63. The summed E-state index contributed by atoms with van der Waals surface area (Å²) in [5.41, 5.74) is 2.69. The highest BCUT2D eigenvalue weighted by Crippen LogP contribution is 2.37. The predicted molar refractivity (Wildman–Crippen MR) is 67.5 cm³/mol. The monoisotopic (exact) mass is 254 g/mol. The van der Waals surface area contributed by atoms with Crippen LogP contribution in [0.25, 0.3) is 0 Å². The van der Waals surface area contributed by atoms with Crippen molar-refractivity contribution in [2.24, 2.45) is 17.7 Å². The number of nitrogens with one attached hydrogen (secondary N) is 1. The summed E-state index contributed by atoms with van der Waals surface area (Å²) in [6.07, 6.45) is 4.12. The maximum absolute atomic E-state index is 13.8. The van der Waals surface area contributed by atoms with E-state index < -0.39 is 17.7 Å². The molecule has 1 fully saturated rings. The zero-order valence-corrected chi connectivity index (χ0v) is 10.6. The van der Waals surface area contributed by atoms with Crippen LogP contribution in [0.2, 0.25) is 0 Å². The van der Waals surface area contributed by atoms with E-state index in [1.54, 1.807) is 0 Å². The SMILES string of the molecule is CC1CCC(C(NN)c2c(F)cccc2F)CC1. The Bertz CT molecular complexity index is 381. The molecule has 1 saturated carbocycles. The topological polar surface area (TPSA) is 38.0 Å². The third-order valence-electron chi connectivity index (χ3n) is 4.02. The molecule has 0 aliphatic heterocycles. The Morgan fingerprint density at radius 1 is 1.17 bits per heavy atom. The molecule has 1 aliphatic carbocycles. The summed E-state index contributed by atoms with van der Waals surface area (Å²) in [7, 11) is 0. The second-order valence-corrected chi connectivity index (χ2v) is 5.30. The van der Waals surface area contributed by atoms with Gasteiger partial charge in [0.05, 0.1) is 6.04 Å². The molecule has 0 saturated heterocycles. The average molecular weight is 254 g/mol. The maximum Gasteiger partial charge on any atom is 0.130 e. The van der Waals surface area contributed by atoms with Crippen LogP contribution in [0.4, 0.5) is 8.78 Å². The number of hydrogen-bond donors (Lipinski definition) is 2. The number of hydrogen-bond acceptors (Lipinski definition) is 2. The highest BCUT2D eigenvalue weighted by molar-refractivity contribution is 5.24. The molecule has 0 aromatic heterocycles. The highest BCUT2D eigenvalue weighted by Gasteiger charge is 2.30. The largest absolute Gasteiger partial charge is 0.271 e. The van der Waals surface area contributed by atoms with Gasteiger partial charge in [0.25, 0.3) is 0 Å². The van der Waals surface area contributed by atoms with Gasteiger partial charge in [0.15, 0.2) is 0 Å². The van der Waals surface area contributed by atoms with Crippen molar-refractivity contribution in [3.63, 3.8) is 0 Å². The minimum atomic E-state index is -0.517. The molecule has 100 valence electrons. The van der Waals surface area contributed by atoms with Crippen LogP contribution < -0.4 is 11.3 Å². The van der Waals surface area contributed by atoms with Crippen molar-refractivity contribution in [2.75, 3.05) is 0 Å². The van der Waals surface area contributed by atoms with Crippen molar-refractivity contribution in [1.29, 1.82) is 0 Å². The lowest BCUT2D eigenvalue weighted by Gasteiger charge is -2.32. The van der Waals surface area contributed by atoms with Gasteiger partial charge < -0.3 is 0 Å². The predicted octanol–water partition coefficient (Wildman–Crippen LogP) is 3.30. The molecular weight excluding hydrogens is 234 g/mol. The van der Waals surface area contributed by atoms with E-state index in [1.807, 2.05) is 0 Å². The van der Waals surface area contributed by atoms with Crippen LogP contribution in [0, 0.1) is 23.5 Å². The molecule has 1 atom stereocenters. The van der Waals surface area contributed by atoms with Gasteiger partial charge in [-0.2, -0.15) is 0 Å². The summed E-state index contributed by atoms with van der Waals surface area (Å²) in [4.78, 5) is 0. The average Bonchev–Trinajstić information content (AvgIpc) is 2.35. The number of halogens is 2. The smallest absolute Gasteiger partial charge is 0.130 e. The summed E-state index contributed by atoms with van der Waals surface area (Å²) in [5, 5.41) is 0. The summed E-state index contributed by atoms with van der Waals surface area (Å²) in [5.74, 6) is 5.40.